The van der Waals surface area contributed by atoms with Gasteiger partial charge in [0.1, 0.15) is 18.2 Å². The SMILES string of the molecule is N#Cc1ccc(COc2cccc(N3CCC(O)CC3)n2)c(F)c1. The molecule has 1 aromatic heterocycles. The number of hydrogen-bond donors (Lipinski definition) is 1. The Hall–Kier alpha value is -2.65. The number of hydrogen-bond acceptors (Lipinski definition) is 5. The summed E-state index contributed by atoms with van der Waals surface area (Å²) in [5, 5.41) is 18.3. The Morgan fingerprint density at radius 3 is 2.79 bits per heavy atom. The fourth-order valence-electron chi connectivity index (χ4n) is 2.64. The third-order valence-corrected chi connectivity index (χ3v) is 4.06. The zero-order valence-electron chi connectivity index (χ0n) is 13.2. The topological polar surface area (TPSA) is 69.4 Å². The highest BCUT2D eigenvalue weighted by Crippen LogP contribution is 2.21. The second-order valence-electron chi connectivity index (χ2n) is 5.76. The van der Waals surface area contributed by atoms with Crippen LogP contribution in [0.2, 0.25) is 0 Å². The molecule has 0 unspecified atom stereocenters. The molecule has 1 aliphatic rings. The Bertz CT molecular complexity index is 752. The standard InChI is InChI=1S/C18H18FN3O2/c19-16-10-13(11-20)4-5-14(16)12-24-18-3-1-2-17(21-18)22-8-6-15(23)7-9-22/h1-5,10,15,23H,6-9,12H2. The molecular weight excluding hydrogens is 309 g/mol. The number of benzene rings is 1. The van der Waals surface area contributed by atoms with Crippen LogP contribution in [-0.2, 0) is 6.61 Å². The maximum absolute atomic E-state index is 13.9. The molecule has 24 heavy (non-hydrogen) atoms. The summed E-state index contributed by atoms with van der Waals surface area (Å²) in [6.07, 6.45) is 1.21. The van der Waals surface area contributed by atoms with Crippen molar-refractivity contribution in [2.45, 2.75) is 25.6 Å². The molecular formula is C18H18FN3O2. The van der Waals surface area contributed by atoms with Crippen molar-refractivity contribution in [2.24, 2.45) is 0 Å². The van der Waals surface area contributed by atoms with Gasteiger partial charge in [-0.15, -0.1) is 0 Å². The third-order valence-electron chi connectivity index (χ3n) is 4.06. The van der Waals surface area contributed by atoms with E-state index in [1.165, 1.54) is 6.07 Å². The Kier molecular flexibility index (Phi) is 4.92. The van der Waals surface area contributed by atoms with Gasteiger partial charge in [-0.25, -0.2) is 4.39 Å². The summed E-state index contributed by atoms with van der Waals surface area (Å²) in [7, 11) is 0. The molecule has 0 aliphatic carbocycles. The molecule has 1 saturated heterocycles. The van der Waals surface area contributed by atoms with Crippen molar-refractivity contribution in [2.75, 3.05) is 18.0 Å². The van der Waals surface area contributed by atoms with Crippen molar-refractivity contribution in [1.82, 2.24) is 4.98 Å². The maximum atomic E-state index is 13.9. The minimum Gasteiger partial charge on any atom is -0.473 e. The highest BCUT2D eigenvalue weighted by Gasteiger charge is 2.18. The predicted molar refractivity (Wildman–Crippen MR) is 87.1 cm³/mol. The fourth-order valence-corrected chi connectivity index (χ4v) is 2.64. The average Bonchev–Trinajstić information content (AvgIpc) is 2.61. The van der Waals surface area contributed by atoms with Crippen LogP contribution >= 0.6 is 0 Å². The van der Waals surface area contributed by atoms with Gasteiger partial charge in [0.15, 0.2) is 0 Å². The average molecular weight is 327 g/mol. The van der Waals surface area contributed by atoms with Gasteiger partial charge >= 0.3 is 0 Å². The molecule has 0 amide bonds. The van der Waals surface area contributed by atoms with Crippen LogP contribution in [0.4, 0.5) is 10.2 Å². The van der Waals surface area contributed by atoms with E-state index in [2.05, 4.69) is 9.88 Å². The number of halogens is 1. The third kappa shape index (κ3) is 3.81. The molecule has 6 heteroatoms. The second-order valence-corrected chi connectivity index (χ2v) is 5.76. The number of piperidine rings is 1. The number of rotatable bonds is 4. The minimum absolute atomic E-state index is 0.0483. The summed E-state index contributed by atoms with van der Waals surface area (Å²) in [6, 6.07) is 11.7. The van der Waals surface area contributed by atoms with Crippen LogP contribution in [0.5, 0.6) is 5.88 Å². The van der Waals surface area contributed by atoms with Crippen LogP contribution in [0.25, 0.3) is 0 Å². The molecule has 1 fully saturated rings. The highest BCUT2D eigenvalue weighted by molar-refractivity contribution is 5.41. The Morgan fingerprint density at radius 1 is 1.29 bits per heavy atom. The van der Waals surface area contributed by atoms with Crippen LogP contribution in [0.15, 0.2) is 36.4 Å². The van der Waals surface area contributed by atoms with Crippen LogP contribution in [0.3, 0.4) is 0 Å². The van der Waals surface area contributed by atoms with E-state index in [-0.39, 0.29) is 18.3 Å². The first-order valence-electron chi connectivity index (χ1n) is 7.87. The number of anilines is 1. The predicted octanol–water partition coefficient (Wildman–Crippen LogP) is 2.63. The van der Waals surface area contributed by atoms with Crippen LogP contribution in [0.1, 0.15) is 24.0 Å². The number of nitrogens with zero attached hydrogens (tertiary/aromatic N) is 3. The molecule has 0 spiro atoms. The maximum Gasteiger partial charge on any atom is 0.215 e. The lowest BCUT2D eigenvalue weighted by atomic mass is 10.1. The van der Waals surface area contributed by atoms with Crippen molar-refractivity contribution in [3.63, 3.8) is 0 Å². The first-order valence-corrected chi connectivity index (χ1v) is 7.87. The van der Waals surface area contributed by atoms with Crippen LogP contribution < -0.4 is 9.64 Å². The Labute approximate surface area is 139 Å². The van der Waals surface area contributed by atoms with E-state index in [1.807, 2.05) is 18.2 Å². The molecule has 0 saturated carbocycles. The molecule has 2 aromatic rings. The van der Waals surface area contributed by atoms with Gasteiger partial charge in [-0.05, 0) is 31.0 Å². The van der Waals surface area contributed by atoms with Crippen molar-refractivity contribution < 1.29 is 14.2 Å². The molecule has 0 atom stereocenters. The van der Waals surface area contributed by atoms with Gasteiger partial charge in [-0.2, -0.15) is 10.2 Å². The van der Waals surface area contributed by atoms with Crippen molar-refractivity contribution in [1.29, 1.82) is 5.26 Å². The number of nitriles is 1. The number of pyridine rings is 1. The number of aliphatic hydroxyl groups is 1. The molecule has 0 radical (unpaired) electrons. The lowest BCUT2D eigenvalue weighted by molar-refractivity contribution is 0.145. The first kappa shape index (κ1) is 16.2. The zero-order valence-corrected chi connectivity index (χ0v) is 13.2. The quantitative estimate of drug-likeness (QED) is 0.935. The summed E-state index contributed by atoms with van der Waals surface area (Å²) < 4.78 is 19.5. The summed E-state index contributed by atoms with van der Waals surface area (Å²) >= 11 is 0. The molecule has 2 heterocycles. The Morgan fingerprint density at radius 2 is 2.08 bits per heavy atom. The normalized spacial score (nSPS) is 15.1. The van der Waals surface area contributed by atoms with E-state index in [0.29, 0.717) is 11.4 Å². The van der Waals surface area contributed by atoms with Gasteiger partial charge in [-0.3, -0.25) is 0 Å². The zero-order chi connectivity index (χ0) is 16.9. The summed E-state index contributed by atoms with van der Waals surface area (Å²) in [5.41, 5.74) is 0.658. The summed E-state index contributed by atoms with van der Waals surface area (Å²) in [6.45, 7) is 1.55. The minimum atomic E-state index is -0.463. The van der Waals surface area contributed by atoms with Crippen molar-refractivity contribution in [3.8, 4) is 11.9 Å². The fraction of sp³-hybridized carbons (Fsp3) is 0.333. The van der Waals surface area contributed by atoms with E-state index in [1.54, 1.807) is 18.2 Å². The van der Waals surface area contributed by atoms with Crippen molar-refractivity contribution >= 4 is 5.82 Å². The molecule has 3 rings (SSSR count). The molecule has 0 bridgehead atoms. The molecule has 1 N–H and O–H groups in total. The van der Waals surface area contributed by atoms with Crippen LogP contribution in [0, 0.1) is 17.1 Å². The molecule has 5 nitrogen and oxygen atoms in total. The van der Waals surface area contributed by atoms with Gasteiger partial charge in [0.05, 0.1) is 17.7 Å². The molecule has 1 aromatic carbocycles. The summed E-state index contributed by atoms with van der Waals surface area (Å²) in [5.74, 6) is 0.748. The first-order chi connectivity index (χ1) is 11.7. The largest absolute Gasteiger partial charge is 0.473 e. The van der Waals surface area contributed by atoms with Gasteiger partial charge in [0.2, 0.25) is 5.88 Å². The summed E-state index contributed by atoms with van der Waals surface area (Å²) in [4.78, 5) is 6.55. The number of aliphatic hydroxyl groups excluding tert-OH is 1. The second kappa shape index (κ2) is 7.28. The van der Waals surface area contributed by atoms with E-state index in [0.717, 1.165) is 31.7 Å². The van der Waals surface area contributed by atoms with E-state index < -0.39 is 5.82 Å². The van der Waals surface area contributed by atoms with Crippen molar-refractivity contribution in [3.05, 3.63) is 53.3 Å². The molecule has 124 valence electrons. The van der Waals surface area contributed by atoms with Gasteiger partial charge in [0, 0.05) is 24.7 Å². The van der Waals surface area contributed by atoms with E-state index in [4.69, 9.17) is 10.00 Å². The van der Waals surface area contributed by atoms with E-state index >= 15 is 0 Å². The van der Waals surface area contributed by atoms with Gasteiger partial charge in [0.25, 0.3) is 0 Å². The lowest BCUT2D eigenvalue weighted by Gasteiger charge is -2.30. The number of ether oxygens (including phenoxy) is 1. The van der Waals surface area contributed by atoms with Gasteiger partial charge in [-0.1, -0.05) is 12.1 Å². The smallest absolute Gasteiger partial charge is 0.215 e. The monoisotopic (exact) mass is 327 g/mol. The lowest BCUT2D eigenvalue weighted by Crippen LogP contribution is -2.36. The van der Waals surface area contributed by atoms with Gasteiger partial charge < -0.3 is 14.7 Å². The van der Waals surface area contributed by atoms with E-state index in [9.17, 15) is 9.50 Å². The number of aromatic nitrogens is 1. The highest BCUT2D eigenvalue weighted by atomic mass is 19.1. The van der Waals surface area contributed by atoms with Crippen LogP contribution in [-0.4, -0.2) is 29.3 Å². The molecule has 1 aliphatic heterocycles. The Balaban J connectivity index is 1.66.